The van der Waals surface area contributed by atoms with E-state index in [0.717, 1.165) is 24.9 Å². The topological polar surface area (TPSA) is 29.3 Å². The Balaban J connectivity index is 1.75. The molecule has 0 saturated carbocycles. The standard InChI is InChI=1S/C15H22N2/c16-7-3-8-17-9-6-14-10-12-4-1-2-5-13(12)11-15(14)17/h1-2,4-5,14-15H,3,6-11,16H2/t14-,15-/m0/s1. The molecule has 0 aromatic heterocycles. The number of likely N-dealkylation sites (tertiary alicyclic amines) is 1. The van der Waals surface area contributed by atoms with Gasteiger partial charge in [0.05, 0.1) is 0 Å². The van der Waals surface area contributed by atoms with Crippen LogP contribution in [0.3, 0.4) is 0 Å². The summed E-state index contributed by atoms with van der Waals surface area (Å²) < 4.78 is 0. The Morgan fingerprint density at radius 2 is 1.94 bits per heavy atom. The molecule has 2 heteroatoms. The third-order valence-electron chi connectivity index (χ3n) is 4.48. The first-order valence-corrected chi connectivity index (χ1v) is 6.89. The lowest BCUT2D eigenvalue weighted by molar-refractivity contribution is 0.215. The monoisotopic (exact) mass is 230 g/mol. The van der Waals surface area contributed by atoms with Crippen molar-refractivity contribution < 1.29 is 0 Å². The summed E-state index contributed by atoms with van der Waals surface area (Å²) >= 11 is 0. The van der Waals surface area contributed by atoms with Gasteiger partial charge >= 0.3 is 0 Å². The van der Waals surface area contributed by atoms with E-state index in [1.807, 2.05) is 0 Å². The average molecular weight is 230 g/mol. The Morgan fingerprint density at radius 3 is 2.71 bits per heavy atom. The maximum Gasteiger partial charge on any atom is 0.0168 e. The number of nitrogens with zero attached hydrogens (tertiary/aromatic N) is 1. The van der Waals surface area contributed by atoms with Crippen molar-refractivity contribution in [3.05, 3.63) is 35.4 Å². The maximum atomic E-state index is 5.62. The minimum absolute atomic E-state index is 0.788. The second-order valence-electron chi connectivity index (χ2n) is 5.47. The summed E-state index contributed by atoms with van der Waals surface area (Å²) in [6, 6.07) is 9.77. The number of benzene rings is 1. The molecule has 1 aromatic carbocycles. The predicted molar refractivity (Wildman–Crippen MR) is 71.0 cm³/mol. The van der Waals surface area contributed by atoms with E-state index in [1.54, 1.807) is 11.1 Å². The Morgan fingerprint density at radius 1 is 1.18 bits per heavy atom. The van der Waals surface area contributed by atoms with E-state index >= 15 is 0 Å². The molecule has 3 rings (SSSR count). The van der Waals surface area contributed by atoms with Gasteiger partial charge in [-0.05, 0) is 62.4 Å². The van der Waals surface area contributed by atoms with Crippen LogP contribution >= 0.6 is 0 Å². The predicted octanol–water partition coefficient (Wildman–Crippen LogP) is 1.82. The lowest BCUT2D eigenvalue weighted by Crippen LogP contribution is -2.39. The summed E-state index contributed by atoms with van der Waals surface area (Å²) in [5.74, 6) is 0.891. The maximum absolute atomic E-state index is 5.62. The summed E-state index contributed by atoms with van der Waals surface area (Å²) in [6.45, 7) is 3.30. The van der Waals surface area contributed by atoms with E-state index in [4.69, 9.17) is 5.73 Å². The molecule has 1 saturated heterocycles. The van der Waals surface area contributed by atoms with Crippen molar-refractivity contribution >= 4 is 0 Å². The zero-order chi connectivity index (χ0) is 11.7. The average Bonchev–Trinajstić information content (AvgIpc) is 2.76. The third-order valence-corrected chi connectivity index (χ3v) is 4.48. The number of fused-ring (bicyclic) bond motifs is 2. The van der Waals surface area contributed by atoms with Crippen LogP contribution in [0.15, 0.2) is 24.3 Å². The van der Waals surface area contributed by atoms with Crippen LogP contribution in [0.5, 0.6) is 0 Å². The van der Waals surface area contributed by atoms with Gasteiger partial charge in [-0.25, -0.2) is 0 Å². The van der Waals surface area contributed by atoms with Crippen molar-refractivity contribution in [2.24, 2.45) is 11.7 Å². The zero-order valence-electron chi connectivity index (χ0n) is 10.4. The first-order chi connectivity index (χ1) is 8.38. The van der Waals surface area contributed by atoms with Crippen LogP contribution in [-0.4, -0.2) is 30.6 Å². The summed E-state index contributed by atoms with van der Waals surface area (Å²) in [7, 11) is 0. The highest BCUT2D eigenvalue weighted by Crippen LogP contribution is 2.35. The van der Waals surface area contributed by atoms with Crippen LogP contribution in [0.4, 0.5) is 0 Å². The van der Waals surface area contributed by atoms with Crippen molar-refractivity contribution in [1.29, 1.82) is 0 Å². The largest absolute Gasteiger partial charge is 0.330 e. The number of hydrogen-bond donors (Lipinski definition) is 1. The van der Waals surface area contributed by atoms with Gasteiger partial charge in [-0.3, -0.25) is 4.90 Å². The van der Waals surface area contributed by atoms with Gasteiger partial charge in [-0.2, -0.15) is 0 Å². The van der Waals surface area contributed by atoms with Gasteiger partial charge in [0, 0.05) is 6.04 Å². The van der Waals surface area contributed by atoms with Crippen LogP contribution in [0.2, 0.25) is 0 Å². The minimum atomic E-state index is 0.788. The molecule has 0 bridgehead atoms. The summed E-state index contributed by atoms with van der Waals surface area (Å²) in [6.07, 6.45) is 5.07. The third kappa shape index (κ3) is 2.12. The molecule has 2 aliphatic rings. The second kappa shape index (κ2) is 4.79. The van der Waals surface area contributed by atoms with Gasteiger partial charge in [0.1, 0.15) is 0 Å². The van der Waals surface area contributed by atoms with Gasteiger partial charge in [0.25, 0.3) is 0 Å². The molecule has 0 unspecified atom stereocenters. The highest BCUT2D eigenvalue weighted by atomic mass is 15.2. The molecule has 1 aliphatic carbocycles. The van der Waals surface area contributed by atoms with Gasteiger partial charge < -0.3 is 5.73 Å². The first-order valence-electron chi connectivity index (χ1n) is 6.89. The molecule has 0 amide bonds. The fourth-order valence-electron chi connectivity index (χ4n) is 3.56. The Bertz CT molecular complexity index is 388. The smallest absolute Gasteiger partial charge is 0.0168 e. The fraction of sp³-hybridized carbons (Fsp3) is 0.600. The van der Waals surface area contributed by atoms with Crippen molar-refractivity contribution in [3.63, 3.8) is 0 Å². The zero-order valence-corrected chi connectivity index (χ0v) is 10.4. The van der Waals surface area contributed by atoms with E-state index in [2.05, 4.69) is 29.2 Å². The van der Waals surface area contributed by atoms with E-state index in [0.29, 0.717) is 0 Å². The van der Waals surface area contributed by atoms with Crippen LogP contribution in [0, 0.1) is 5.92 Å². The fourth-order valence-corrected chi connectivity index (χ4v) is 3.56. The molecule has 0 spiro atoms. The summed E-state index contributed by atoms with van der Waals surface area (Å²) in [5, 5.41) is 0. The van der Waals surface area contributed by atoms with Crippen molar-refractivity contribution in [2.75, 3.05) is 19.6 Å². The molecule has 0 radical (unpaired) electrons. The van der Waals surface area contributed by atoms with E-state index in [9.17, 15) is 0 Å². The Labute approximate surface area is 104 Å². The van der Waals surface area contributed by atoms with Crippen LogP contribution in [-0.2, 0) is 12.8 Å². The van der Waals surface area contributed by atoms with Crippen LogP contribution < -0.4 is 5.73 Å². The molecule has 1 aliphatic heterocycles. The second-order valence-corrected chi connectivity index (χ2v) is 5.47. The highest BCUT2D eigenvalue weighted by Gasteiger charge is 2.36. The molecule has 2 atom stereocenters. The van der Waals surface area contributed by atoms with Crippen LogP contribution in [0.1, 0.15) is 24.0 Å². The highest BCUT2D eigenvalue weighted by molar-refractivity contribution is 5.31. The van der Waals surface area contributed by atoms with E-state index < -0.39 is 0 Å². The molecule has 1 aromatic rings. The van der Waals surface area contributed by atoms with E-state index in [-0.39, 0.29) is 0 Å². The van der Waals surface area contributed by atoms with Gasteiger partial charge in [0.2, 0.25) is 0 Å². The van der Waals surface area contributed by atoms with Gasteiger partial charge in [0.15, 0.2) is 0 Å². The van der Waals surface area contributed by atoms with Crippen molar-refractivity contribution in [1.82, 2.24) is 4.90 Å². The number of nitrogens with two attached hydrogens (primary N) is 1. The van der Waals surface area contributed by atoms with Gasteiger partial charge in [-0.1, -0.05) is 24.3 Å². The molecule has 1 fully saturated rings. The molecular formula is C15H22N2. The molecule has 92 valence electrons. The molecule has 17 heavy (non-hydrogen) atoms. The van der Waals surface area contributed by atoms with Crippen molar-refractivity contribution in [3.8, 4) is 0 Å². The van der Waals surface area contributed by atoms with E-state index in [1.165, 1.54) is 32.4 Å². The number of hydrogen-bond acceptors (Lipinski definition) is 2. The molecular weight excluding hydrogens is 208 g/mol. The van der Waals surface area contributed by atoms with Crippen LogP contribution in [0.25, 0.3) is 0 Å². The van der Waals surface area contributed by atoms with Crippen molar-refractivity contribution in [2.45, 2.75) is 31.7 Å². The lowest BCUT2D eigenvalue weighted by Gasteiger charge is -2.33. The normalized spacial score (nSPS) is 27.8. The Hall–Kier alpha value is -0.860. The lowest BCUT2D eigenvalue weighted by atomic mass is 9.80. The Kier molecular flexibility index (Phi) is 3.17. The minimum Gasteiger partial charge on any atom is -0.330 e. The number of rotatable bonds is 3. The quantitative estimate of drug-likeness (QED) is 0.858. The summed E-state index contributed by atoms with van der Waals surface area (Å²) in [5.41, 5.74) is 8.79. The molecule has 1 heterocycles. The van der Waals surface area contributed by atoms with Gasteiger partial charge in [-0.15, -0.1) is 0 Å². The molecule has 2 N–H and O–H groups in total. The summed E-state index contributed by atoms with van der Waals surface area (Å²) in [4.78, 5) is 2.67. The first kappa shape index (κ1) is 11.2. The molecule has 2 nitrogen and oxygen atoms in total. The SMILES string of the molecule is NCCCN1CC[C@H]2Cc3ccccc3C[C@@H]21.